The number of carboxylic acid groups (broad SMARTS) is 1. The largest absolute Gasteiger partial charge is 0.478 e. The van der Waals surface area contributed by atoms with Gasteiger partial charge in [-0.05, 0) is 39.7 Å². The van der Waals surface area contributed by atoms with Crippen LogP contribution in [0.15, 0.2) is 12.3 Å². The molecule has 1 N–H and O–H groups in total. The van der Waals surface area contributed by atoms with E-state index < -0.39 is 11.6 Å². The van der Waals surface area contributed by atoms with Crippen LogP contribution < -0.4 is 4.90 Å². The van der Waals surface area contributed by atoms with Gasteiger partial charge in [-0.3, -0.25) is 4.90 Å². The highest BCUT2D eigenvalue weighted by molar-refractivity contribution is 6.33. The Bertz CT molecular complexity index is 690. The minimum Gasteiger partial charge on any atom is -0.478 e. The van der Waals surface area contributed by atoms with Crippen molar-refractivity contribution >= 4 is 29.5 Å². The molecule has 2 aliphatic heterocycles. The lowest BCUT2D eigenvalue weighted by Crippen LogP contribution is -2.57. The molecule has 0 saturated carbocycles. The zero-order valence-corrected chi connectivity index (χ0v) is 15.3. The molecule has 0 aliphatic carbocycles. The number of pyridine rings is 1. The lowest BCUT2D eigenvalue weighted by molar-refractivity contribution is 0.0122. The van der Waals surface area contributed by atoms with Crippen molar-refractivity contribution in [2.45, 2.75) is 51.3 Å². The number of hydrogen-bond acceptors (Lipinski definition) is 5. The lowest BCUT2D eigenvalue weighted by atomic mass is 10.2. The number of carbonyl (C=O) groups is 2. The predicted octanol–water partition coefficient (Wildman–Crippen LogP) is 3.02. The summed E-state index contributed by atoms with van der Waals surface area (Å²) in [7, 11) is 0. The highest BCUT2D eigenvalue weighted by Gasteiger charge is 2.44. The molecule has 0 radical (unpaired) electrons. The maximum atomic E-state index is 12.5. The fraction of sp³-hybridized carbons (Fsp3) is 0.588. The lowest BCUT2D eigenvalue weighted by Gasteiger charge is -2.42. The summed E-state index contributed by atoms with van der Waals surface area (Å²) in [5.41, 5.74) is -0.463. The second-order valence-corrected chi connectivity index (χ2v) is 7.92. The third-order valence-corrected chi connectivity index (χ3v) is 4.73. The Morgan fingerprint density at radius 1 is 1.28 bits per heavy atom. The van der Waals surface area contributed by atoms with Gasteiger partial charge in [0.2, 0.25) is 0 Å². The number of rotatable bonds is 2. The number of fused-ring (bicyclic) bond motifs is 2. The average Bonchev–Trinajstić information content (AvgIpc) is 2.76. The molecule has 2 atom stereocenters. The van der Waals surface area contributed by atoms with Gasteiger partial charge in [-0.2, -0.15) is 0 Å². The number of amides is 1. The molecule has 136 valence electrons. The van der Waals surface area contributed by atoms with Crippen LogP contribution in [-0.2, 0) is 4.74 Å². The van der Waals surface area contributed by atoms with E-state index in [0.717, 1.165) is 12.8 Å². The smallest absolute Gasteiger partial charge is 0.410 e. The van der Waals surface area contributed by atoms with E-state index in [1.165, 1.54) is 12.3 Å². The Labute approximate surface area is 151 Å². The summed E-state index contributed by atoms with van der Waals surface area (Å²) in [5.74, 6) is -0.497. The van der Waals surface area contributed by atoms with E-state index in [-0.39, 0.29) is 23.7 Å². The summed E-state index contributed by atoms with van der Waals surface area (Å²) in [6.07, 6.45) is 2.85. The maximum absolute atomic E-state index is 12.5. The Morgan fingerprint density at radius 2 is 1.88 bits per heavy atom. The van der Waals surface area contributed by atoms with Crippen molar-refractivity contribution in [1.29, 1.82) is 0 Å². The fourth-order valence-corrected chi connectivity index (χ4v) is 3.75. The van der Waals surface area contributed by atoms with Crippen molar-refractivity contribution in [1.82, 2.24) is 9.88 Å². The van der Waals surface area contributed by atoms with Crippen LogP contribution in [0.3, 0.4) is 0 Å². The molecule has 0 aromatic carbocycles. The number of aromatic nitrogens is 1. The topological polar surface area (TPSA) is 83.0 Å². The first-order valence-electron chi connectivity index (χ1n) is 8.31. The van der Waals surface area contributed by atoms with Crippen LogP contribution in [0.1, 0.15) is 44.0 Å². The molecule has 0 spiro atoms. The van der Waals surface area contributed by atoms with Crippen molar-refractivity contribution in [3.8, 4) is 0 Å². The highest BCUT2D eigenvalue weighted by atomic mass is 35.5. The van der Waals surface area contributed by atoms with Crippen molar-refractivity contribution in [2.24, 2.45) is 0 Å². The Hall–Kier alpha value is -2.02. The predicted molar refractivity (Wildman–Crippen MR) is 93.3 cm³/mol. The van der Waals surface area contributed by atoms with Gasteiger partial charge in [0.1, 0.15) is 11.4 Å². The van der Waals surface area contributed by atoms with Crippen LogP contribution in [0.4, 0.5) is 10.6 Å². The van der Waals surface area contributed by atoms with E-state index in [9.17, 15) is 9.59 Å². The molecular weight excluding hydrogens is 346 g/mol. The molecule has 7 nitrogen and oxygen atoms in total. The summed E-state index contributed by atoms with van der Waals surface area (Å²) < 4.78 is 5.53. The van der Waals surface area contributed by atoms with Crippen LogP contribution in [0.25, 0.3) is 0 Å². The van der Waals surface area contributed by atoms with E-state index in [4.69, 9.17) is 21.4 Å². The van der Waals surface area contributed by atoms with Gasteiger partial charge >= 0.3 is 12.1 Å². The monoisotopic (exact) mass is 367 g/mol. The number of aromatic carboxylic acids is 1. The molecule has 1 aromatic heterocycles. The number of carbonyl (C=O) groups excluding carboxylic acids is 1. The maximum Gasteiger partial charge on any atom is 0.410 e. The molecule has 2 aliphatic rings. The van der Waals surface area contributed by atoms with Gasteiger partial charge in [-0.1, -0.05) is 11.6 Å². The second kappa shape index (κ2) is 6.37. The van der Waals surface area contributed by atoms with E-state index in [1.54, 1.807) is 0 Å². The van der Waals surface area contributed by atoms with Gasteiger partial charge in [-0.15, -0.1) is 0 Å². The number of halogens is 1. The minimum absolute atomic E-state index is 0.0469. The first kappa shape index (κ1) is 17.8. The standard InChI is InChI=1S/C17H22ClN3O4/c1-17(2,3)25-16(24)21-11-4-5-12(21)9-20(8-11)14-13(18)6-10(7-19-14)15(22)23/h6-7,11-12H,4-5,8-9H2,1-3H3,(H,22,23). The van der Waals surface area contributed by atoms with Crippen LogP contribution in [-0.4, -0.2) is 57.8 Å². The van der Waals surface area contributed by atoms with Gasteiger partial charge < -0.3 is 14.7 Å². The summed E-state index contributed by atoms with van der Waals surface area (Å²) >= 11 is 6.24. The Balaban J connectivity index is 1.76. The van der Waals surface area contributed by atoms with Gasteiger partial charge in [0, 0.05) is 19.3 Å². The second-order valence-electron chi connectivity index (χ2n) is 7.51. The Kier molecular flexibility index (Phi) is 4.53. The molecule has 8 heteroatoms. The first-order chi connectivity index (χ1) is 11.7. The molecule has 3 heterocycles. The van der Waals surface area contributed by atoms with Gasteiger partial charge in [0.25, 0.3) is 0 Å². The average molecular weight is 368 g/mol. The third-order valence-electron chi connectivity index (χ3n) is 4.45. The van der Waals surface area contributed by atoms with Crippen molar-refractivity contribution in [2.75, 3.05) is 18.0 Å². The number of ether oxygens (including phenoxy) is 1. The van der Waals surface area contributed by atoms with Crippen molar-refractivity contribution in [3.63, 3.8) is 0 Å². The number of nitrogens with zero attached hydrogens (tertiary/aromatic N) is 3. The molecule has 2 bridgehead atoms. The number of anilines is 1. The van der Waals surface area contributed by atoms with E-state index in [0.29, 0.717) is 23.9 Å². The van der Waals surface area contributed by atoms with Crippen molar-refractivity contribution in [3.05, 3.63) is 22.8 Å². The van der Waals surface area contributed by atoms with Gasteiger partial charge in [-0.25, -0.2) is 14.6 Å². The third kappa shape index (κ3) is 3.66. The first-order valence-corrected chi connectivity index (χ1v) is 8.68. The minimum atomic E-state index is -1.06. The molecule has 3 rings (SSSR count). The number of carboxylic acids is 1. The van der Waals surface area contributed by atoms with Crippen LogP contribution in [0.2, 0.25) is 5.02 Å². The number of hydrogen-bond donors (Lipinski definition) is 1. The molecular formula is C17H22ClN3O4. The number of piperazine rings is 1. The molecule has 25 heavy (non-hydrogen) atoms. The summed E-state index contributed by atoms with van der Waals surface area (Å²) in [6, 6.07) is 1.50. The molecule has 1 aromatic rings. The molecule has 2 fully saturated rings. The molecule has 1 amide bonds. The zero-order valence-electron chi connectivity index (χ0n) is 14.5. The quantitative estimate of drug-likeness (QED) is 0.865. The fourth-order valence-electron chi connectivity index (χ4n) is 3.47. The van der Waals surface area contributed by atoms with Crippen LogP contribution in [0.5, 0.6) is 0 Å². The van der Waals surface area contributed by atoms with Crippen LogP contribution in [0, 0.1) is 0 Å². The summed E-state index contributed by atoms with van der Waals surface area (Å²) in [6.45, 7) is 6.79. The van der Waals surface area contributed by atoms with Crippen molar-refractivity contribution < 1.29 is 19.4 Å². The highest BCUT2D eigenvalue weighted by Crippen LogP contribution is 2.35. The van der Waals surface area contributed by atoms with Crippen LogP contribution >= 0.6 is 11.6 Å². The van der Waals surface area contributed by atoms with E-state index in [2.05, 4.69) is 4.98 Å². The molecule has 2 saturated heterocycles. The Morgan fingerprint density at radius 3 is 2.36 bits per heavy atom. The van der Waals surface area contributed by atoms with E-state index in [1.807, 2.05) is 30.6 Å². The summed E-state index contributed by atoms with van der Waals surface area (Å²) in [5, 5.41) is 9.33. The van der Waals surface area contributed by atoms with E-state index >= 15 is 0 Å². The zero-order chi connectivity index (χ0) is 18.4. The normalized spacial score (nSPS) is 22.9. The molecule has 2 unspecified atom stereocenters. The van der Waals surface area contributed by atoms with Gasteiger partial charge in [0.15, 0.2) is 0 Å². The SMILES string of the molecule is CC(C)(C)OC(=O)N1C2CCC1CN(c1ncc(C(=O)O)cc1Cl)C2. The van der Waals surface area contributed by atoms with Gasteiger partial charge in [0.05, 0.1) is 22.7 Å². The summed E-state index contributed by atoms with van der Waals surface area (Å²) in [4.78, 5) is 31.6.